The average Bonchev–Trinajstić information content (AvgIpc) is 3.03. The van der Waals surface area contributed by atoms with Gasteiger partial charge in [0.2, 0.25) is 0 Å². The van der Waals surface area contributed by atoms with Gasteiger partial charge in [-0.1, -0.05) is 15.9 Å². The van der Waals surface area contributed by atoms with E-state index < -0.39 is 0 Å². The summed E-state index contributed by atoms with van der Waals surface area (Å²) in [5, 5.41) is 0. The monoisotopic (exact) mass is 284 g/mol. The smallest absolute Gasteiger partial charge is 0.172 e. The lowest BCUT2D eigenvalue weighted by Crippen LogP contribution is -2.05. The molecular formula is C12H13BrO3. The predicted octanol–water partition coefficient (Wildman–Crippen LogP) is 3.20. The molecule has 86 valence electrons. The average molecular weight is 285 g/mol. The Morgan fingerprint density at radius 1 is 1.44 bits per heavy atom. The molecule has 0 atom stereocenters. The fraction of sp³-hybridized carbons (Fsp3) is 0.417. The number of halogens is 1. The third kappa shape index (κ3) is 2.38. The van der Waals surface area contributed by atoms with Crippen molar-refractivity contribution in [3.8, 4) is 11.5 Å². The van der Waals surface area contributed by atoms with Crippen LogP contribution in [-0.4, -0.2) is 19.0 Å². The van der Waals surface area contributed by atoms with Gasteiger partial charge in [-0.2, -0.15) is 0 Å². The molecule has 1 aliphatic rings. The molecule has 0 saturated heterocycles. The molecule has 0 aromatic heterocycles. The minimum Gasteiger partial charge on any atom is -0.493 e. The van der Waals surface area contributed by atoms with Gasteiger partial charge in [0, 0.05) is 4.47 Å². The Bertz CT molecular complexity index is 425. The molecule has 1 saturated carbocycles. The highest BCUT2D eigenvalue weighted by Gasteiger charge is 2.27. The normalized spacial score (nSPS) is 14.7. The highest BCUT2D eigenvalue weighted by atomic mass is 79.9. The summed E-state index contributed by atoms with van der Waals surface area (Å²) >= 11 is 3.35. The molecule has 0 heterocycles. The highest BCUT2D eigenvalue weighted by Crippen LogP contribution is 2.38. The van der Waals surface area contributed by atoms with E-state index in [1.54, 1.807) is 13.2 Å². The highest BCUT2D eigenvalue weighted by molar-refractivity contribution is 9.10. The molecule has 16 heavy (non-hydrogen) atoms. The molecule has 4 heteroatoms. The quantitative estimate of drug-likeness (QED) is 0.797. The molecule has 1 fully saturated rings. The van der Waals surface area contributed by atoms with Gasteiger partial charge in [0.25, 0.3) is 0 Å². The summed E-state index contributed by atoms with van der Waals surface area (Å²) < 4.78 is 11.8. The number of ether oxygens (including phenoxy) is 2. The number of benzene rings is 1. The SMILES string of the molecule is COc1cc(Br)cc(C(C)=O)c1OC1CC1. The first-order valence-corrected chi connectivity index (χ1v) is 5.96. The molecule has 1 aromatic carbocycles. The van der Waals surface area contributed by atoms with E-state index in [0.717, 1.165) is 17.3 Å². The lowest BCUT2D eigenvalue weighted by atomic mass is 10.1. The molecule has 1 aliphatic carbocycles. The number of hydrogen-bond acceptors (Lipinski definition) is 3. The van der Waals surface area contributed by atoms with Crippen LogP contribution in [0, 0.1) is 0 Å². The first-order valence-electron chi connectivity index (χ1n) is 5.17. The number of rotatable bonds is 4. The second kappa shape index (κ2) is 4.45. The summed E-state index contributed by atoms with van der Waals surface area (Å²) in [4.78, 5) is 11.5. The molecule has 0 unspecified atom stereocenters. The van der Waals surface area contributed by atoms with Crippen LogP contribution in [0.1, 0.15) is 30.1 Å². The molecule has 3 nitrogen and oxygen atoms in total. The molecule has 0 N–H and O–H groups in total. The van der Waals surface area contributed by atoms with Crippen molar-refractivity contribution in [2.45, 2.75) is 25.9 Å². The molecule has 0 radical (unpaired) electrons. The second-order valence-corrected chi connectivity index (χ2v) is 4.77. The number of carbonyl (C=O) groups excluding carboxylic acids is 1. The van der Waals surface area contributed by atoms with Gasteiger partial charge in [-0.25, -0.2) is 0 Å². The maximum Gasteiger partial charge on any atom is 0.172 e. The zero-order valence-corrected chi connectivity index (χ0v) is 10.8. The zero-order valence-electron chi connectivity index (χ0n) is 9.25. The summed E-state index contributed by atoms with van der Waals surface area (Å²) in [5.74, 6) is 1.16. The number of carbonyl (C=O) groups is 1. The van der Waals surface area contributed by atoms with Crippen LogP contribution in [0.2, 0.25) is 0 Å². The Labute approximate surface area is 103 Å². The van der Waals surface area contributed by atoms with Crippen molar-refractivity contribution >= 4 is 21.7 Å². The van der Waals surface area contributed by atoms with Crippen molar-refractivity contribution < 1.29 is 14.3 Å². The molecule has 0 spiro atoms. The van der Waals surface area contributed by atoms with Crippen LogP contribution in [0.15, 0.2) is 16.6 Å². The van der Waals surface area contributed by atoms with Gasteiger partial charge in [-0.05, 0) is 31.9 Å². The largest absolute Gasteiger partial charge is 0.493 e. The Balaban J connectivity index is 2.45. The van der Waals surface area contributed by atoms with Crippen molar-refractivity contribution in [2.24, 2.45) is 0 Å². The van der Waals surface area contributed by atoms with E-state index in [2.05, 4.69) is 15.9 Å². The second-order valence-electron chi connectivity index (χ2n) is 3.86. The molecule has 1 aromatic rings. The van der Waals surface area contributed by atoms with E-state index in [4.69, 9.17) is 9.47 Å². The fourth-order valence-corrected chi connectivity index (χ4v) is 1.89. The number of Topliss-reactive ketones (excluding diaryl/α,β-unsaturated/α-hetero) is 1. The van der Waals surface area contributed by atoms with Gasteiger partial charge >= 0.3 is 0 Å². The van der Waals surface area contributed by atoms with Crippen LogP contribution in [-0.2, 0) is 0 Å². The third-order valence-electron chi connectivity index (χ3n) is 2.43. The van der Waals surface area contributed by atoms with Crippen LogP contribution in [0.4, 0.5) is 0 Å². The standard InChI is InChI=1S/C12H13BrO3/c1-7(14)10-5-8(13)6-11(15-2)12(10)16-9-3-4-9/h5-6,9H,3-4H2,1-2H3. The summed E-state index contributed by atoms with van der Waals surface area (Å²) in [7, 11) is 1.57. The number of methoxy groups -OCH3 is 1. The van der Waals surface area contributed by atoms with E-state index in [1.165, 1.54) is 6.92 Å². The van der Waals surface area contributed by atoms with E-state index >= 15 is 0 Å². The van der Waals surface area contributed by atoms with E-state index in [0.29, 0.717) is 17.1 Å². The number of ketones is 1. The van der Waals surface area contributed by atoms with Crippen LogP contribution in [0.5, 0.6) is 11.5 Å². The zero-order chi connectivity index (χ0) is 11.7. The Morgan fingerprint density at radius 3 is 2.62 bits per heavy atom. The third-order valence-corrected chi connectivity index (χ3v) is 2.89. The van der Waals surface area contributed by atoms with Crippen LogP contribution < -0.4 is 9.47 Å². The fourth-order valence-electron chi connectivity index (χ4n) is 1.46. The predicted molar refractivity (Wildman–Crippen MR) is 64.3 cm³/mol. The maximum absolute atomic E-state index is 11.5. The van der Waals surface area contributed by atoms with Gasteiger partial charge < -0.3 is 9.47 Å². The van der Waals surface area contributed by atoms with E-state index in [9.17, 15) is 4.79 Å². The molecular weight excluding hydrogens is 272 g/mol. The van der Waals surface area contributed by atoms with Gasteiger partial charge in [0.1, 0.15) is 0 Å². The lowest BCUT2D eigenvalue weighted by Gasteiger charge is -2.13. The van der Waals surface area contributed by atoms with Crippen LogP contribution in [0.3, 0.4) is 0 Å². The molecule has 2 rings (SSSR count). The van der Waals surface area contributed by atoms with Gasteiger partial charge in [0.15, 0.2) is 17.3 Å². The van der Waals surface area contributed by atoms with E-state index in [1.807, 2.05) is 6.07 Å². The maximum atomic E-state index is 11.5. The van der Waals surface area contributed by atoms with Gasteiger partial charge in [-0.15, -0.1) is 0 Å². The summed E-state index contributed by atoms with van der Waals surface area (Å²) in [6.07, 6.45) is 2.35. The molecule has 0 aliphatic heterocycles. The van der Waals surface area contributed by atoms with Gasteiger partial charge in [0.05, 0.1) is 18.8 Å². The number of hydrogen-bond donors (Lipinski definition) is 0. The lowest BCUT2D eigenvalue weighted by molar-refractivity contribution is 0.101. The van der Waals surface area contributed by atoms with E-state index in [-0.39, 0.29) is 11.9 Å². The van der Waals surface area contributed by atoms with Crippen molar-refractivity contribution in [2.75, 3.05) is 7.11 Å². The van der Waals surface area contributed by atoms with Crippen molar-refractivity contribution in [3.05, 3.63) is 22.2 Å². The van der Waals surface area contributed by atoms with Crippen molar-refractivity contribution in [3.63, 3.8) is 0 Å². The topological polar surface area (TPSA) is 35.5 Å². The summed E-state index contributed by atoms with van der Waals surface area (Å²) in [5.41, 5.74) is 0.568. The first-order chi connectivity index (χ1) is 7.61. The molecule has 0 bridgehead atoms. The van der Waals surface area contributed by atoms with Crippen molar-refractivity contribution in [1.29, 1.82) is 0 Å². The minimum atomic E-state index is -0.0183. The Hall–Kier alpha value is -1.03. The van der Waals surface area contributed by atoms with Crippen molar-refractivity contribution in [1.82, 2.24) is 0 Å². The summed E-state index contributed by atoms with van der Waals surface area (Å²) in [6, 6.07) is 3.58. The first kappa shape index (κ1) is 11.5. The van der Waals surface area contributed by atoms with Crippen LogP contribution in [0.25, 0.3) is 0 Å². The van der Waals surface area contributed by atoms with Crippen LogP contribution >= 0.6 is 15.9 Å². The molecule has 0 amide bonds. The Kier molecular flexibility index (Phi) is 3.19. The Morgan fingerprint density at radius 2 is 2.12 bits per heavy atom. The summed E-state index contributed by atoms with van der Waals surface area (Å²) in [6.45, 7) is 1.53. The van der Waals surface area contributed by atoms with Gasteiger partial charge in [-0.3, -0.25) is 4.79 Å². The minimum absolute atomic E-state index is 0.0183.